The molecule has 42 heavy (non-hydrogen) atoms. The van der Waals surface area contributed by atoms with Crippen LogP contribution in [-0.4, -0.2) is 53.7 Å². The van der Waals surface area contributed by atoms with Gasteiger partial charge in [-0.25, -0.2) is 18.3 Å². The number of nitrogens with zero attached hydrogens (tertiary/aromatic N) is 5. The number of benzene rings is 1. The maximum absolute atomic E-state index is 14.1. The molecule has 3 fully saturated rings. The molecule has 8 rings (SSSR count). The summed E-state index contributed by atoms with van der Waals surface area (Å²) in [6.45, 7) is 3.49. The van der Waals surface area contributed by atoms with Crippen LogP contribution in [-0.2, 0) is 6.54 Å². The molecule has 10 heteroatoms. The third kappa shape index (κ3) is 3.84. The molecule has 3 N–H and O–H groups in total. The van der Waals surface area contributed by atoms with Gasteiger partial charge in [0.25, 0.3) is 5.91 Å². The fourth-order valence-electron chi connectivity index (χ4n) is 6.93. The number of hydrogen-bond acceptors (Lipinski definition) is 5. The second-order valence-electron chi connectivity index (χ2n) is 12.1. The van der Waals surface area contributed by atoms with Gasteiger partial charge in [0.2, 0.25) is 0 Å². The molecular formula is C32H30F2N6O2. The number of amides is 1. The van der Waals surface area contributed by atoms with Crippen LogP contribution in [0.3, 0.4) is 0 Å². The number of aromatic hydroxyl groups is 1. The predicted molar refractivity (Wildman–Crippen MR) is 154 cm³/mol. The standard InChI is InChI=1S/C32H30F2N6O2/c1-16-25-8-6-20(32(42)39-14-19-5-9-26(39)28(19)35)15-40(25)37-29(16)27-12-18-4-7-24(21-10-22(33)30(41)23(34)11-21)36-31(18)38(27)13-17-2-3-17/h4,6-8,10-12,15,17,19,26,28,41H,2-3,5,9,13-14,35H2,1H3/t19?,26?,28-/m1/s1. The highest BCUT2D eigenvalue weighted by Crippen LogP contribution is 2.39. The number of fused-ring (bicyclic) bond motifs is 4. The van der Waals surface area contributed by atoms with Gasteiger partial charge in [0.05, 0.1) is 22.5 Å². The lowest BCUT2D eigenvalue weighted by molar-refractivity contribution is 0.0700. The molecule has 3 aliphatic rings. The number of likely N-dealkylation sites (tertiary alicyclic amines) is 1. The fourth-order valence-corrected chi connectivity index (χ4v) is 6.93. The van der Waals surface area contributed by atoms with Crippen molar-refractivity contribution in [1.82, 2.24) is 24.1 Å². The molecule has 2 unspecified atom stereocenters. The largest absolute Gasteiger partial charge is 0.503 e. The van der Waals surface area contributed by atoms with Crippen LogP contribution in [0.5, 0.6) is 5.75 Å². The van der Waals surface area contributed by atoms with Crippen LogP contribution in [0.4, 0.5) is 8.78 Å². The van der Waals surface area contributed by atoms with Crippen molar-refractivity contribution in [1.29, 1.82) is 0 Å². The molecule has 2 bridgehead atoms. The number of phenolic OH excluding ortho intramolecular Hbond substituents is 1. The van der Waals surface area contributed by atoms with Gasteiger partial charge in [-0.3, -0.25) is 4.79 Å². The lowest BCUT2D eigenvalue weighted by Crippen LogP contribution is -2.41. The average Bonchev–Trinajstić information content (AvgIpc) is 3.40. The molecule has 1 aliphatic heterocycles. The van der Waals surface area contributed by atoms with Gasteiger partial charge < -0.3 is 20.3 Å². The molecule has 4 aromatic heterocycles. The summed E-state index contributed by atoms with van der Waals surface area (Å²) in [5, 5.41) is 15.4. The van der Waals surface area contributed by atoms with Gasteiger partial charge in [-0.05, 0) is 86.9 Å². The lowest BCUT2D eigenvalue weighted by Gasteiger charge is -2.27. The summed E-state index contributed by atoms with van der Waals surface area (Å²) in [7, 11) is 0. The van der Waals surface area contributed by atoms with E-state index in [0.717, 1.165) is 72.2 Å². The van der Waals surface area contributed by atoms with E-state index >= 15 is 0 Å². The maximum Gasteiger partial charge on any atom is 0.255 e. The predicted octanol–water partition coefficient (Wildman–Crippen LogP) is 5.28. The molecule has 8 nitrogen and oxygen atoms in total. The number of pyridine rings is 2. The topological polar surface area (TPSA) is 102 Å². The third-order valence-electron chi connectivity index (χ3n) is 9.47. The Morgan fingerprint density at radius 1 is 1.07 bits per heavy atom. The Kier molecular flexibility index (Phi) is 5.50. The van der Waals surface area contributed by atoms with Crippen molar-refractivity contribution in [3.8, 4) is 28.4 Å². The smallest absolute Gasteiger partial charge is 0.255 e. The number of rotatable bonds is 5. The van der Waals surface area contributed by atoms with Crippen LogP contribution >= 0.6 is 0 Å². The summed E-state index contributed by atoms with van der Waals surface area (Å²) in [5.74, 6) is -2.15. The maximum atomic E-state index is 14.1. The molecule has 2 aliphatic carbocycles. The van der Waals surface area contributed by atoms with Crippen molar-refractivity contribution >= 4 is 22.5 Å². The molecule has 2 saturated carbocycles. The van der Waals surface area contributed by atoms with Crippen LogP contribution in [0, 0.1) is 30.4 Å². The Morgan fingerprint density at radius 3 is 2.55 bits per heavy atom. The highest BCUT2D eigenvalue weighted by atomic mass is 19.1. The second-order valence-corrected chi connectivity index (χ2v) is 12.1. The van der Waals surface area contributed by atoms with Crippen molar-refractivity contribution < 1.29 is 18.7 Å². The summed E-state index contributed by atoms with van der Waals surface area (Å²) in [6.07, 6.45) is 6.12. The molecule has 0 spiro atoms. The van der Waals surface area contributed by atoms with Crippen molar-refractivity contribution in [2.24, 2.45) is 17.6 Å². The first-order valence-corrected chi connectivity index (χ1v) is 14.5. The van der Waals surface area contributed by atoms with Crippen molar-refractivity contribution in [3.05, 3.63) is 71.4 Å². The van der Waals surface area contributed by atoms with Gasteiger partial charge in [0.1, 0.15) is 11.3 Å². The molecule has 5 heterocycles. The summed E-state index contributed by atoms with van der Waals surface area (Å²) in [4.78, 5) is 20.2. The number of phenols is 1. The number of aryl methyl sites for hydroxylation is 1. The van der Waals surface area contributed by atoms with Crippen LogP contribution < -0.4 is 5.73 Å². The Labute approximate surface area is 240 Å². The van der Waals surface area contributed by atoms with Crippen molar-refractivity contribution in [2.75, 3.05) is 6.54 Å². The normalized spacial score (nSPS) is 21.7. The zero-order chi connectivity index (χ0) is 28.9. The van der Waals surface area contributed by atoms with Crippen LogP contribution in [0.25, 0.3) is 39.2 Å². The Morgan fingerprint density at radius 2 is 1.86 bits per heavy atom. The number of carbonyl (C=O) groups excluding carboxylic acids is 1. The summed E-state index contributed by atoms with van der Waals surface area (Å²) >= 11 is 0. The van der Waals surface area contributed by atoms with Gasteiger partial charge in [0, 0.05) is 47.9 Å². The van der Waals surface area contributed by atoms with Gasteiger partial charge in [-0.1, -0.05) is 0 Å². The molecule has 1 amide bonds. The van der Waals surface area contributed by atoms with Crippen LogP contribution in [0.15, 0.2) is 48.7 Å². The summed E-state index contributed by atoms with van der Waals surface area (Å²) < 4.78 is 32.2. The van der Waals surface area contributed by atoms with E-state index in [0.29, 0.717) is 35.3 Å². The molecule has 3 atom stereocenters. The monoisotopic (exact) mass is 568 g/mol. The average molecular weight is 569 g/mol. The minimum atomic E-state index is -1.03. The zero-order valence-corrected chi connectivity index (χ0v) is 23.1. The highest BCUT2D eigenvalue weighted by molar-refractivity contribution is 5.95. The number of hydrogen-bond donors (Lipinski definition) is 2. The lowest BCUT2D eigenvalue weighted by atomic mass is 10.1. The van der Waals surface area contributed by atoms with Gasteiger partial charge in [0.15, 0.2) is 17.4 Å². The van der Waals surface area contributed by atoms with Gasteiger partial charge in [-0.15, -0.1) is 0 Å². The zero-order valence-electron chi connectivity index (χ0n) is 23.1. The fraction of sp³-hybridized carbons (Fsp3) is 0.344. The van der Waals surface area contributed by atoms with Gasteiger partial charge in [-0.2, -0.15) is 5.10 Å². The third-order valence-corrected chi connectivity index (χ3v) is 9.47. The number of halogens is 2. The Balaban J connectivity index is 1.21. The van der Waals surface area contributed by atoms with E-state index in [9.17, 15) is 18.7 Å². The van der Waals surface area contributed by atoms with E-state index in [2.05, 4.69) is 10.6 Å². The van der Waals surface area contributed by atoms with E-state index in [1.54, 1.807) is 10.6 Å². The summed E-state index contributed by atoms with van der Waals surface area (Å²) in [5.41, 5.74) is 11.9. The van der Waals surface area contributed by atoms with E-state index in [1.807, 2.05) is 36.2 Å². The van der Waals surface area contributed by atoms with E-state index in [1.165, 1.54) is 0 Å². The number of carbonyl (C=O) groups is 1. The molecule has 214 valence electrons. The van der Waals surface area contributed by atoms with E-state index in [-0.39, 0.29) is 23.6 Å². The Bertz CT molecular complexity index is 1900. The number of piperidine rings is 1. The molecule has 1 aromatic carbocycles. The van der Waals surface area contributed by atoms with E-state index in [4.69, 9.17) is 15.8 Å². The molecule has 5 aromatic rings. The summed E-state index contributed by atoms with van der Waals surface area (Å²) in [6, 6.07) is 11.8. The highest BCUT2D eigenvalue weighted by Gasteiger charge is 2.46. The van der Waals surface area contributed by atoms with Gasteiger partial charge >= 0.3 is 0 Å². The minimum Gasteiger partial charge on any atom is -0.503 e. The first-order valence-electron chi connectivity index (χ1n) is 14.5. The SMILES string of the molecule is Cc1c(-c2cc3ccc(-c4cc(F)c(O)c(F)c4)nc3n2CC2CC2)nn2cc(C(=O)N3CC4CCC3[C@@H]4N)ccc12. The molecule has 0 radical (unpaired) electrons. The number of nitrogens with two attached hydrogens (primary N) is 1. The molecule has 1 saturated heterocycles. The van der Waals surface area contributed by atoms with Crippen LogP contribution in [0.2, 0.25) is 0 Å². The Hall–Kier alpha value is -4.31. The van der Waals surface area contributed by atoms with Crippen molar-refractivity contribution in [2.45, 2.75) is 51.2 Å². The quantitative estimate of drug-likeness (QED) is 0.300. The van der Waals surface area contributed by atoms with E-state index < -0.39 is 17.4 Å². The first-order chi connectivity index (χ1) is 20.3. The van der Waals surface area contributed by atoms with Crippen LogP contribution in [0.1, 0.15) is 41.6 Å². The number of aromatic nitrogens is 4. The molecular weight excluding hydrogens is 538 g/mol. The second kappa shape index (κ2) is 9.09. The minimum absolute atomic E-state index is 0.00377. The first kappa shape index (κ1) is 25.4. The van der Waals surface area contributed by atoms with Crippen molar-refractivity contribution in [3.63, 3.8) is 0 Å².